The summed E-state index contributed by atoms with van der Waals surface area (Å²) in [7, 11) is -1.59. The van der Waals surface area contributed by atoms with Gasteiger partial charge in [-0.1, -0.05) is 33.6 Å². The fourth-order valence-electron chi connectivity index (χ4n) is 1.63. The molecule has 0 aliphatic heterocycles. The SMILES string of the molecule is CC(C)(C)OC(=O)NCCCCCCO[Si](C)(C)C(C)(C)C. The van der Waals surface area contributed by atoms with Gasteiger partial charge < -0.3 is 14.5 Å². The number of alkyl carbamates (subject to hydrolysis) is 1. The monoisotopic (exact) mass is 331 g/mol. The summed E-state index contributed by atoms with van der Waals surface area (Å²) < 4.78 is 11.3. The van der Waals surface area contributed by atoms with Crippen LogP contribution in [-0.2, 0) is 9.16 Å². The summed E-state index contributed by atoms with van der Waals surface area (Å²) in [6.07, 6.45) is 4.01. The highest BCUT2D eigenvalue weighted by Crippen LogP contribution is 2.36. The van der Waals surface area contributed by atoms with Crippen molar-refractivity contribution in [2.45, 2.75) is 91.0 Å². The molecule has 22 heavy (non-hydrogen) atoms. The molecule has 0 bridgehead atoms. The van der Waals surface area contributed by atoms with Crippen molar-refractivity contribution in [3.05, 3.63) is 0 Å². The molecule has 0 unspecified atom stereocenters. The lowest BCUT2D eigenvalue weighted by Gasteiger charge is -2.36. The van der Waals surface area contributed by atoms with Gasteiger partial charge in [-0.2, -0.15) is 0 Å². The second-order valence-electron chi connectivity index (χ2n) is 8.45. The molecule has 0 saturated carbocycles. The van der Waals surface area contributed by atoms with Crippen LogP contribution in [0.15, 0.2) is 0 Å². The molecule has 4 nitrogen and oxygen atoms in total. The highest BCUT2D eigenvalue weighted by Gasteiger charge is 2.36. The van der Waals surface area contributed by atoms with Crippen LogP contribution in [0.3, 0.4) is 0 Å². The number of carbonyl (C=O) groups is 1. The van der Waals surface area contributed by atoms with E-state index < -0.39 is 13.9 Å². The lowest BCUT2D eigenvalue weighted by atomic mass is 10.2. The highest BCUT2D eigenvalue weighted by molar-refractivity contribution is 6.74. The fourth-order valence-corrected chi connectivity index (χ4v) is 2.72. The molecule has 1 amide bonds. The Labute approximate surface area is 138 Å². The Morgan fingerprint density at radius 3 is 2.00 bits per heavy atom. The van der Waals surface area contributed by atoms with Crippen LogP contribution in [0.25, 0.3) is 0 Å². The summed E-state index contributed by atoms with van der Waals surface area (Å²) in [6, 6.07) is 0. The Morgan fingerprint density at radius 1 is 0.955 bits per heavy atom. The zero-order valence-corrected chi connectivity index (χ0v) is 17.0. The maximum Gasteiger partial charge on any atom is 0.407 e. The van der Waals surface area contributed by atoms with E-state index >= 15 is 0 Å². The maximum atomic E-state index is 11.4. The quantitative estimate of drug-likeness (QED) is 0.497. The summed E-state index contributed by atoms with van der Waals surface area (Å²) in [4.78, 5) is 11.4. The number of carbonyl (C=O) groups excluding carboxylic acids is 1. The van der Waals surface area contributed by atoms with Crippen LogP contribution in [0, 0.1) is 0 Å². The first-order chi connectivity index (χ1) is 9.85. The van der Waals surface area contributed by atoms with Gasteiger partial charge in [0.1, 0.15) is 5.60 Å². The number of amides is 1. The molecule has 0 heterocycles. The molecule has 0 aromatic carbocycles. The van der Waals surface area contributed by atoms with Gasteiger partial charge in [0.05, 0.1) is 0 Å². The van der Waals surface area contributed by atoms with Gasteiger partial charge in [0.2, 0.25) is 0 Å². The minimum Gasteiger partial charge on any atom is -0.444 e. The molecular weight excluding hydrogens is 294 g/mol. The second-order valence-corrected chi connectivity index (χ2v) is 13.3. The number of nitrogens with one attached hydrogen (secondary N) is 1. The first-order valence-corrected chi connectivity index (χ1v) is 11.4. The third kappa shape index (κ3) is 10.2. The van der Waals surface area contributed by atoms with Gasteiger partial charge in [-0.25, -0.2) is 4.79 Å². The van der Waals surface area contributed by atoms with E-state index in [1.54, 1.807) is 0 Å². The smallest absolute Gasteiger partial charge is 0.407 e. The Hall–Kier alpha value is -0.553. The van der Waals surface area contributed by atoms with Crippen LogP contribution < -0.4 is 5.32 Å². The molecule has 0 fully saturated rings. The normalized spacial score (nSPS) is 13.1. The summed E-state index contributed by atoms with van der Waals surface area (Å²) in [5.41, 5.74) is -0.425. The predicted octanol–water partition coefficient (Wildman–Crippen LogP) is 5.09. The average Bonchev–Trinajstić information content (AvgIpc) is 2.28. The van der Waals surface area contributed by atoms with Crippen molar-refractivity contribution < 1.29 is 14.0 Å². The second kappa shape index (κ2) is 8.92. The van der Waals surface area contributed by atoms with Crippen LogP contribution in [0.5, 0.6) is 0 Å². The number of hydrogen-bond acceptors (Lipinski definition) is 3. The van der Waals surface area contributed by atoms with Crippen LogP contribution in [0.2, 0.25) is 18.1 Å². The van der Waals surface area contributed by atoms with Gasteiger partial charge in [-0.15, -0.1) is 0 Å². The van der Waals surface area contributed by atoms with Crippen molar-refractivity contribution in [3.63, 3.8) is 0 Å². The molecule has 0 atom stereocenters. The van der Waals surface area contributed by atoms with E-state index in [0.717, 1.165) is 32.3 Å². The fraction of sp³-hybridized carbons (Fsp3) is 0.941. The molecule has 0 aliphatic rings. The van der Waals surface area contributed by atoms with Crippen molar-refractivity contribution in [3.8, 4) is 0 Å². The third-order valence-corrected chi connectivity index (χ3v) is 8.55. The molecule has 0 saturated heterocycles. The zero-order chi connectivity index (χ0) is 17.4. The topological polar surface area (TPSA) is 47.6 Å². The van der Waals surface area contributed by atoms with Crippen LogP contribution >= 0.6 is 0 Å². The third-order valence-electron chi connectivity index (χ3n) is 4.01. The van der Waals surface area contributed by atoms with E-state index in [1.165, 1.54) is 0 Å². The van der Waals surface area contributed by atoms with Crippen molar-refractivity contribution in [2.24, 2.45) is 0 Å². The van der Waals surface area contributed by atoms with Crippen molar-refractivity contribution >= 4 is 14.4 Å². The van der Waals surface area contributed by atoms with Crippen LogP contribution in [0.1, 0.15) is 67.2 Å². The first kappa shape index (κ1) is 21.4. The average molecular weight is 332 g/mol. The molecule has 0 spiro atoms. The molecule has 1 N–H and O–H groups in total. The van der Waals surface area contributed by atoms with Gasteiger partial charge in [0.15, 0.2) is 8.32 Å². The summed E-state index contributed by atoms with van der Waals surface area (Å²) in [5, 5.41) is 3.07. The van der Waals surface area contributed by atoms with Gasteiger partial charge in [-0.05, 0) is 51.7 Å². The van der Waals surface area contributed by atoms with Gasteiger partial charge in [-0.3, -0.25) is 0 Å². The number of unbranched alkanes of at least 4 members (excludes halogenated alkanes) is 3. The van der Waals surface area contributed by atoms with E-state index in [9.17, 15) is 4.79 Å². The Morgan fingerprint density at radius 2 is 1.50 bits per heavy atom. The Kier molecular flexibility index (Phi) is 8.69. The summed E-state index contributed by atoms with van der Waals surface area (Å²) in [5.74, 6) is 0. The summed E-state index contributed by atoms with van der Waals surface area (Å²) in [6.45, 7) is 18.5. The van der Waals surface area contributed by atoms with E-state index in [-0.39, 0.29) is 11.1 Å². The van der Waals surface area contributed by atoms with E-state index in [4.69, 9.17) is 9.16 Å². The van der Waals surface area contributed by atoms with Gasteiger partial charge in [0, 0.05) is 13.2 Å². The Balaban J connectivity index is 3.58. The number of hydrogen-bond donors (Lipinski definition) is 1. The van der Waals surface area contributed by atoms with Crippen molar-refractivity contribution in [1.29, 1.82) is 0 Å². The molecular formula is C17H37NO3Si. The van der Waals surface area contributed by atoms with Crippen molar-refractivity contribution in [1.82, 2.24) is 5.32 Å². The maximum absolute atomic E-state index is 11.4. The van der Waals surface area contributed by atoms with Crippen LogP contribution in [-0.4, -0.2) is 33.2 Å². The summed E-state index contributed by atoms with van der Waals surface area (Å²) >= 11 is 0. The lowest BCUT2D eigenvalue weighted by molar-refractivity contribution is 0.0527. The zero-order valence-electron chi connectivity index (χ0n) is 16.0. The molecule has 0 aliphatic carbocycles. The number of rotatable bonds is 8. The molecule has 0 radical (unpaired) electrons. The largest absolute Gasteiger partial charge is 0.444 e. The van der Waals surface area contributed by atoms with E-state index in [0.29, 0.717) is 6.54 Å². The van der Waals surface area contributed by atoms with Gasteiger partial charge in [0.25, 0.3) is 0 Å². The van der Waals surface area contributed by atoms with Gasteiger partial charge >= 0.3 is 6.09 Å². The molecule has 0 aromatic heterocycles. The first-order valence-electron chi connectivity index (χ1n) is 8.46. The minimum absolute atomic E-state index is 0.282. The van der Waals surface area contributed by atoms with E-state index in [1.807, 2.05) is 20.8 Å². The molecule has 0 aromatic rings. The minimum atomic E-state index is -1.59. The highest BCUT2D eigenvalue weighted by atomic mass is 28.4. The van der Waals surface area contributed by atoms with Crippen molar-refractivity contribution in [2.75, 3.05) is 13.2 Å². The molecule has 0 rings (SSSR count). The van der Waals surface area contributed by atoms with Crippen LogP contribution in [0.4, 0.5) is 4.79 Å². The van der Waals surface area contributed by atoms with E-state index in [2.05, 4.69) is 39.2 Å². The lowest BCUT2D eigenvalue weighted by Crippen LogP contribution is -2.40. The predicted molar refractivity (Wildman–Crippen MR) is 95.9 cm³/mol. The standard InChI is InChI=1S/C17H37NO3Si/c1-16(2,3)21-15(19)18-13-11-9-10-12-14-20-22(7,8)17(4,5)6/h9-14H2,1-8H3,(H,18,19). The molecule has 132 valence electrons. The number of ether oxygens (including phenoxy) is 1. The Bertz CT molecular complexity index is 330. The molecule has 5 heteroatoms.